The molecule has 0 aliphatic rings. The van der Waals surface area contributed by atoms with Crippen molar-refractivity contribution in [3.8, 4) is 45.7 Å². The van der Waals surface area contributed by atoms with Crippen molar-refractivity contribution in [3.63, 3.8) is 0 Å². The van der Waals surface area contributed by atoms with E-state index in [1.54, 1.807) is 6.33 Å². The fraction of sp³-hybridized carbons (Fsp3) is 0.392. The van der Waals surface area contributed by atoms with Gasteiger partial charge in [-0.15, -0.1) is 30.1 Å². The third-order valence-corrected chi connectivity index (χ3v) is 17.3. The molecule has 0 radical (unpaired) electrons. The van der Waals surface area contributed by atoms with Crippen molar-refractivity contribution in [2.75, 3.05) is 0 Å². The van der Waals surface area contributed by atoms with Crippen LogP contribution < -0.4 is 18.3 Å². The van der Waals surface area contributed by atoms with Gasteiger partial charge >= 0.3 is 0 Å². The summed E-state index contributed by atoms with van der Waals surface area (Å²) in [6, 6.07) is 38.9. The summed E-state index contributed by atoms with van der Waals surface area (Å²) in [5.41, 5.74) is 13.8. The molecule has 0 unspecified atom stereocenters. The minimum Gasteiger partial charge on any atom is -0.456 e. The first kappa shape index (κ1) is 79.2. The van der Waals surface area contributed by atoms with Crippen LogP contribution in [0.15, 0.2) is 126 Å². The highest BCUT2D eigenvalue weighted by atomic mass is 32.1. The average Bonchev–Trinajstić information content (AvgIpc) is 1.61. The highest BCUT2D eigenvalue weighted by Crippen LogP contribution is 2.38. The van der Waals surface area contributed by atoms with Crippen molar-refractivity contribution < 1.29 is 22.7 Å². The number of para-hydroxylation sites is 2. The topological polar surface area (TPSA) is 131 Å². The zero-order chi connectivity index (χ0) is 72.2. The fourth-order valence-electron chi connectivity index (χ4n) is 11.6. The number of benzene rings is 6. The third kappa shape index (κ3) is 16.3. The molecule has 0 spiro atoms. The lowest BCUT2D eigenvalue weighted by atomic mass is 10.0. The van der Waals surface area contributed by atoms with Gasteiger partial charge in [0.25, 0.3) is 46.6 Å². The van der Waals surface area contributed by atoms with Gasteiger partial charge in [0.2, 0.25) is 0 Å². The molecular weight excluding hydrogens is 1210 g/mol. The molecule has 96 heavy (non-hydrogen) atoms. The molecule has 0 saturated carbocycles. The molecule has 8 heterocycles. The van der Waals surface area contributed by atoms with E-state index in [1.807, 2.05) is 226 Å². The summed E-state index contributed by atoms with van der Waals surface area (Å²) in [5.74, 6) is 8.36. The van der Waals surface area contributed by atoms with E-state index >= 15 is 0 Å². The Labute approximate surface area is 577 Å². The summed E-state index contributed by atoms with van der Waals surface area (Å²) in [5, 5.41) is 25.5. The summed E-state index contributed by atoms with van der Waals surface area (Å²) in [4.78, 5) is 8.28. The molecular formula is C79H113N15OS+4. The summed E-state index contributed by atoms with van der Waals surface area (Å²) in [7, 11) is 18.2. The molecule has 0 amide bonds. The molecule has 0 bridgehead atoms. The molecule has 8 aromatic heterocycles. The minimum absolute atomic E-state index is 0.926. The van der Waals surface area contributed by atoms with Crippen LogP contribution in [0.4, 0.5) is 0 Å². The summed E-state index contributed by atoms with van der Waals surface area (Å²) in [6.45, 7) is 44.5. The Morgan fingerprint density at radius 1 is 0.354 bits per heavy atom. The zero-order valence-corrected chi connectivity index (χ0v) is 64.9. The largest absolute Gasteiger partial charge is 0.456 e. The number of hydrogen-bond acceptors (Lipinski definition) is 8. The first-order chi connectivity index (χ1) is 46.2. The van der Waals surface area contributed by atoms with E-state index in [4.69, 9.17) is 4.42 Å². The van der Waals surface area contributed by atoms with Crippen LogP contribution in [0.25, 0.3) is 110 Å². The predicted octanol–water partition coefficient (Wildman–Crippen LogP) is 18.0. The minimum atomic E-state index is 0.926. The van der Waals surface area contributed by atoms with Crippen molar-refractivity contribution in [3.05, 3.63) is 167 Å². The quantitative estimate of drug-likeness (QED) is 0.160. The van der Waals surface area contributed by atoms with Gasteiger partial charge in [-0.2, -0.15) is 0 Å². The number of hydrogen-bond donors (Lipinski definition) is 0. The van der Waals surface area contributed by atoms with Crippen molar-refractivity contribution in [2.24, 2.45) is 63.4 Å². The maximum Gasteiger partial charge on any atom is 0.286 e. The van der Waals surface area contributed by atoms with Gasteiger partial charge in [-0.1, -0.05) is 152 Å². The predicted molar refractivity (Wildman–Crippen MR) is 406 cm³/mol. The van der Waals surface area contributed by atoms with Gasteiger partial charge in [0.05, 0.1) is 73.1 Å². The van der Waals surface area contributed by atoms with Crippen LogP contribution in [0.2, 0.25) is 0 Å². The van der Waals surface area contributed by atoms with Gasteiger partial charge in [0.1, 0.15) is 23.2 Å². The van der Waals surface area contributed by atoms with E-state index < -0.39 is 0 Å². The fourth-order valence-corrected chi connectivity index (χ4v) is 12.8. The second-order valence-electron chi connectivity index (χ2n) is 21.6. The van der Waals surface area contributed by atoms with Crippen molar-refractivity contribution in [2.45, 2.75) is 152 Å². The molecule has 0 atom stereocenters. The van der Waals surface area contributed by atoms with Crippen molar-refractivity contribution in [1.82, 2.24) is 53.7 Å². The van der Waals surface area contributed by atoms with Crippen LogP contribution >= 0.6 is 11.3 Å². The lowest BCUT2D eigenvalue weighted by Gasteiger charge is -2.06. The lowest BCUT2D eigenvalue weighted by Crippen LogP contribution is -2.33. The molecule has 14 aromatic rings. The number of aromatic nitrogens is 15. The SMILES string of the molecule is CC.CC.CC.CC.CC.CC.CC.Cc1cc2c(cc1-c1n(C)nc(C)[n+]1C)c1ccccc1n2C.Cc1cc2oc3ccccc3c2cc1-c1n(C)nc(C)[n+]1C.Cc1cc2sc3ccccc3c2cc1-c1n(C)nc(C)[n+]1C.Cc1cncnc1-c1n(C)nc(C)[n+]1C. The summed E-state index contributed by atoms with van der Waals surface area (Å²) >= 11 is 1.86. The molecule has 0 aliphatic carbocycles. The molecule has 512 valence electrons. The second kappa shape index (κ2) is 36.6. The standard InChI is InChI=1S/C19H21N4.C18H18N3O.C18H18N3S.C10H14N5.7C2H6/c1-12-10-18-16(14-8-6-7-9-17(14)22(18)4)11-15(12)19-21(3)13(2)20-23(19)5;2*1-11-9-17-15(13-7-5-6-8-16(13)22-17)10-14(11)18-20(3)12(2)19-21(18)4;1-7-5-11-6-12-9(7)10-14(3)8(2)13-15(10)4;7*1-2/h6-11H,1-5H3;2*5-10H,1-4H3;5-6H,1-4H3;7*1-2H3/q4*+1;;;;;;;. The second-order valence-corrected chi connectivity index (χ2v) is 22.6. The normalized spacial score (nSPS) is 10.2. The first-order valence-corrected chi connectivity index (χ1v) is 35.2. The summed E-state index contributed by atoms with van der Waals surface area (Å²) < 4.78 is 27.1. The van der Waals surface area contributed by atoms with E-state index in [0.717, 1.165) is 79.8 Å². The van der Waals surface area contributed by atoms with Crippen molar-refractivity contribution in [1.29, 1.82) is 0 Å². The average molecular weight is 1320 g/mol. The maximum atomic E-state index is 5.96. The molecule has 14 rings (SSSR count). The monoisotopic (exact) mass is 1320 g/mol. The van der Waals surface area contributed by atoms with Crippen LogP contribution in [-0.2, 0) is 63.4 Å². The van der Waals surface area contributed by atoms with Gasteiger partial charge in [-0.3, -0.25) is 0 Å². The Hall–Kier alpha value is -9.22. The summed E-state index contributed by atoms with van der Waals surface area (Å²) in [6.07, 6.45) is 3.37. The van der Waals surface area contributed by atoms with Gasteiger partial charge in [-0.25, -0.2) is 28.2 Å². The molecule has 0 saturated heterocycles. The number of fused-ring (bicyclic) bond motifs is 9. The highest BCUT2D eigenvalue weighted by Gasteiger charge is 2.27. The zero-order valence-electron chi connectivity index (χ0n) is 64.1. The van der Waals surface area contributed by atoms with Gasteiger partial charge in [0.15, 0.2) is 0 Å². The van der Waals surface area contributed by atoms with Gasteiger partial charge in [0, 0.05) is 114 Å². The van der Waals surface area contributed by atoms with Crippen LogP contribution in [0.5, 0.6) is 0 Å². The van der Waals surface area contributed by atoms with Gasteiger partial charge in [-0.05, 0) is 105 Å². The van der Waals surface area contributed by atoms with E-state index in [-0.39, 0.29) is 0 Å². The number of aryl methyl sites for hydroxylation is 13. The third-order valence-electron chi connectivity index (χ3n) is 16.2. The van der Waals surface area contributed by atoms with Crippen LogP contribution in [0.3, 0.4) is 0 Å². The molecule has 0 fully saturated rings. The van der Waals surface area contributed by atoms with Crippen LogP contribution in [-0.4, -0.2) is 53.7 Å². The Balaban J connectivity index is 0.000000258. The molecule has 0 aliphatic heterocycles. The molecule has 0 N–H and O–H groups in total. The Morgan fingerprint density at radius 3 is 1.22 bits per heavy atom. The first-order valence-electron chi connectivity index (χ1n) is 34.4. The lowest BCUT2D eigenvalue weighted by molar-refractivity contribution is -0.667. The number of nitrogens with zero attached hydrogens (tertiary/aromatic N) is 15. The van der Waals surface area contributed by atoms with E-state index in [2.05, 4.69) is 189 Å². The molecule has 17 heteroatoms. The highest BCUT2D eigenvalue weighted by molar-refractivity contribution is 7.25. The van der Waals surface area contributed by atoms with Crippen LogP contribution in [0.1, 0.15) is 142 Å². The van der Waals surface area contributed by atoms with E-state index in [0.29, 0.717) is 0 Å². The molecule has 6 aromatic carbocycles. The number of furan rings is 1. The van der Waals surface area contributed by atoms with Crippen LogP contribution in [0, 0.1) is 55.4 Å². The van der Waals surface area contributed by atoms with Crippen molar-refractivity contribution >= 4 is 75.3 Å². The Bertz CT molecular complexity index is 4640. The maximum absolute atomic E-state index is 5.96. The number of thiophene rings is 1. The van der Waals surface area contributed by atoms with E-state index in [9.17, 15) is 0 Å². The molecule has 16 nitrogen and oxygen atoms in total. The number of rotatable bonds is 4. The van der Waals surface area contributed by atoms with E-state index in [1.165, 1.54) is 75.4 Å². The Morgan fingerprint density at radius 2 is 0.750 bits per heavy atom. The smallest absolute Gasteiger partial charge is 0.286 e. The Kier molecular flexibility index (Phi) is 30.2. The van der Waals surface area contributed by atoms with Gasteiger partial charge < -0.3 is 8.98 Å².